The Kier molecular flexibility index (Phi) is 4.71. The molecule has 2 aliphatic rings. The van der Waals surface area contributed by atoms with Crippen LogP contribution in [0.4, 0.5) is 0 Å². The summed E-state index contributed by atoms with van der Waals surface area (Å²) in [5.74, 6) is 2.03. The number of nitrogens with two attached hydrogens (primary N) is 1. The van der Waals surface area contributed by atoms with Crippen molar-refractivity contribution in [1.82, 2.24) is 4.90 Å². The third-order valence-corrected chi connectivity index (χ3v) is 4.12. The monoisotopic (exact) mass is 252 g/mol. The fraction of sp³-hybridized carbons (Fsp3) is 1.00. The average molecular weight is 252 g/mol. The molecule has 2 N–H and O–H groups in total. The van der Waals surface area contributed by atoms with Crippen molar-refractivity contribution in [3.63, 3.8) is 0 Å². The lowest BCUT2D eigenvalue weighted by molar-refractivity contribution is 0.231. The molecule has 0 spiro atoms. The van der Waals surface area contributed by atoms with E-state index < -0.39 is 0 Å². The first-order valence-corrected chi connectivity index (χ1v) is 7.90. The van der Waals surface area contributed by atoms with Crippen LogP contribution in [-0.2, 0) is 0 Å². The standard InChI is InChI=1S/C16H32N2/c1-16(2,3)10-15(17)8-9-18(11-13-4-5-13)12-14-6-7-14/h13-15H,4-12,17H2,1-3H3. The van der Waals surface area contributed by atoms with Gasteiger partial charge in [-0.3, -0.25) is 0 Å². The second-order valence-corrected chi connectivity index (χ2v) is 7.96. The highest BCUT2D eigenvalue weighted by atomic mass is 15.1. The predicted octanol–water partition coefficient (Wildman–Crippen LogP) is 3.26. The Morgan fingerprint density at radius 3 is 1.94 bits per heavy atom. The third kappa shape index (κ3) is 6.19. The lowest BCUT2D eigenvalue weighted by Gasteiger charge is -2.27. The number of hydrogen-bond acceptors (Lipinski definition) is 2. The van der Waals surface area contributed by atoms with Gasteiger partial charge in [-0.15, -0.1) is 0 Å². The fourth-order valence-electron chi connectivity index (χ4n) is 2.83. The van der Waals surface area contributed by atoms with Crippen molar-refractivity contribution in [2.45, 2.75) is 65.3 Å². The van der Waals surface area contributed by atoms with Crippen molar-refractivity contribution in [1.29, 1.82) is 0 Å². The van der Waals surface area contributed by atoms with Crippen molar-refractivity contribution in [3.8, 4) is 0 Å². The molecule has 0 heterocycles. The Balaban J connectivity index is 1.66. The highest BCUT2D eigenvalue weighted by molar-refractivity contribution is 4.83. The molecule has 0 saturated heterocycles. The molecule has 2 nitrogen and oxygen atoms in total. The maximum Gasteiger partial charge on any atom is 0.00559 e. The van der Waals surface area contributed by atoms with E-state index in [2.05, 4.69) is 25.7 Å². The summed E-state index contributed by atoms with van der Waals surface area (Å²) in [6.45, 7) is 10.8. The Bertz CT molecular complexity index is 234. The maximum absolute atomic E-state index is 6.27. The highest BCUT2D eigenvalue weighted by Crippen LogP contribution is 2.33. The summed E-state index contributed by atoms with van der Waals surface area (Å²) < 4.78 is 0. The smallest absolute Gasteiger partial charge is 0.00559 e. The van der Waals surface area contributed by atoms with Gasteiger partial charge in [0.05, 0.1) is 0 Å². The summed E-state index contributed by atoms with van der Waals surface area (Å²) in [6, 6.07) is 0.380. The van der Waals surface area contributed by atoms with E-state index in [0.717, 1.165) is 18.3 Å². The molecule has 0 aromatic carbocycles. The third-order valence-electron chi connectivity index (χ3n) is 4.12. The minimum atomic E-state index is 0.372. The van der Waals surface area contributed by atoms with Gasteiger partial charge in [-0.25, -0.2) is 0 Å². The minimum absolute atomic E-state index is 0.372. The number of nitrogens with zero attached hydrogens (tertiary/aromatic N) is 1. The molecule has 2 saturated carbocycles. The van der Waals surface area contributed by atoms with E-state index in [1.54, 1.807) is 0 Å². The zero-order chi connectivity index (χ0) is 13.2. The van der Waals surface area contributed by atoms with Crippen molar-refractivity contribution in [3.05, 3.63) is 0 Å². The first-order chi connectivity index (χ1) is 8.42. The summed E-state index contributed by atoms with van der Waals surface area (Å²) >= 11 is 0. The van der Waals surface area contributed by atoms with Crippen molar-refractivity contribution in [2.75, 3.05) is 19.6 Å². The molecule has 0 bridgehead atoms. The molecule has 0 aromatic rings. The molecule has 0 amide bonds. The van der Waals surface area contributed by atoms with E-state index in [1.807, 2.05) is 0 Å². The van der Waals surface area contributed by atoms with E-state index in [-0.39, 0.29) is 0 Å². The Labute approximate surface area is 113 Å². The van der Waals surface area contributed by atoms with Crippen molar-refractivity contribution < 1.29 is 0 Å². The van der Waals surface area contributed by atoms with Gasteiger partial charge < -0.3 is 10.6 Å². The topological polar surface area (TPSA) is 29.3 Å². The molecule has 2 heteroatoms. The van der Waals surface area contributed by atoms with Crippen LogP contribution in [0.15, 0.2) is 0 Å². The van der Waals surface area contributed by atoms with Crippen LogP contribution >= 0.6 is 0 Å². The lowest BCUT2D eigenvalue weighted by Crippen LogP contribution is -2.35. The van der Waals surface area contributed by atoms with Gasteiger partial charge >= 0.3 is 0 Å². The molecule has 0 radical (unpaired) electrons. The molecule has 0 aliphatic heterocycles. The van der Waals surface area contributed by atoms with Crippen LogP contribution in [-0.4, -0.2) is 30.6 Å². The van der Waals surface area contributed by atoms with Gasteiger partial charge in [0.1, 0.15) is 0 Å². The first kappa shape index (κ1) is 14.3. The zero-order valence-corrected chi connectivity index (χ0v) is 12.6. The molecule has 2 fully saturated rings. The molecule has 2 aliphatic carbocycles. The molecule has 2 rings (SSSR count). The van der Waals surface area contributed by atoms with Crippen molar-refractivity contribution >= 4 is 0 Å². The largest absolute Gasteiger partial charge is 0.328 e. The fourth-order valence-corrected chi connectivity index (χ4v) is 2.83. The summed E-state index contributed by atoms with van der Waals surface area (Å²) in [7, 11) is 0. The van der Waals surface area contributed by atoms with Gasteiger partial charge in [-0.05, 0) is 62.3 Å². The van der Waals surface area contributed by atoms with Crippen molar-refractivity contribution in [2.24, 2.45) is 23.0 Å². The molecule has 1 atom stereocenters. The highest BCUT2D eigenvalue weighted by Gasteiger charge is 2.29. The molecule has 18 heavy (non-hydrogen) atoms. The van der Waals surface area contributed by atoms with Gasteiger partial charge in [0.2, 0.25) is 0 Å². The van der Waals surface area contributed by atoms with Crippen LogP contribution < -0.4 is 5.73 Å². The van der Waals surface area contributed by atoms with Crippen LogP contribution in [0.2, 0.25) is 0 Å². The number of hydrogen-bond donors (Lipinski definition) is 1. The zero-order valence-electron chi connectivity index (χ0n) is 12.6. The van der Waals surface area contributed by atoms with Crippen LogP contribution in [0.25, 0.3) is 0 Å². The molecular weight excluding hydrogens is 220 g/mol. The Hall–Kier alpha value is -0.0800. The van der Waals surface area contributed by atoms with Gasteiger partial charge in [-0.1, -0.05) is 20.8 Å². The van der Waals surface area contributed by atoms with E-state index in [4.69, 9.17) is 5.73 Å². The van der Waals surface area contributed by atoms with Gasteiger partial charge in [-0.2, -0.15) is 0 Å². The second kappa shape index (κ2) is 5.92. The lowest BCUT2D eigenvalue weighted by atomic mass is 9.87. The summed E-state index contributed by atoms with van der Waals surface area (Å²) in [4.78, 5) is 2.71. The predicted molar refractivity (Wildman–Crippen MR) is 78.6 cm³/mol. The van der Waals surface area contributed by atoms with Crippen LogP contribution in [0.5, 0.6) is 0 Å². The Morgan fingerprint density at radius 1 is 1.06 bits per heavy atom. The van der Waals surface area contributed by atoms with E-state index in [1.165, 1.54) is 51.7 Å². The molecule has 106 valence electrons. The van der Waals surface area contributed by atoms with E-state index in [0.29, 0.717) is 11.5 Å². The molecule has 1 unspecified atom stereocenters. The van der Waals surface area contributed by atoms with Gasteiger partial charge in [0, 0.05) is 19.1 Å². The molecule has 0 aromatic heterocycles. The van der Waals surface area contributed by atoms with E-state index >= 15 is 0 Å². The Morgan fingerprint density at radius 2 is 1.56 bits per heavy atom. The maximum atomic E-state index is 6.27. The number of rotatable bonds is 8. The average Bonchev–Trinajstić information content (AvgIpc) is 3.05. The van der Waals surface area contributed by atoms with Gasteiger partial charge in [0.15, 0.2) is 0 Å². The van der Waals surface area contributed by atoms with Crippen LogP contribution in [0.3, 0.4) is 0 Å². The second-order valence-electron chi connectivity index (χ2n) is 7.96. The van der Waals surface area contributed by atoms with Crippen LogP contribution in [0.1, 0.15) is 59.3 Å². The minimum Gasteiger partial charge on any atom is -0.328 e. The summed E-state index contributed by atoms with van der Waals surface area (Å²) in [5, 5.41) is 0. The van der Waals surface area contributed by atoms with Crippen LogP contribution in [0, 0.1) is 17.3 Å². The normalized spacial score (nSPS) is 22.5. The van der Waals surface area contributed by atoms with Gasteiger partial charge in [0.25, 0.3) is 0 Å². The molecular formula is C16H32N2. The SMILES string of the molecule is CC(C)(C)CC(N)CCN(CC1CC1)CC1CC1. The first-order valence-electron chi connectivity index (χ1n) is 7.90. The summed E-state index contributed by atoms with van der Waals surface area (Å²) in [5.41, 5.74) is 6.65. The summed E-state index contributed by atoms with van der Waals surface area (Å²) in [6.07, 6.45) is 8.19. The quantitative estimate of drug-likeness (QED) is 0.718. The van der Waals surface area contributed by atoms with E-state index in [9.17, 15) is 0 Å².